The molecule has 7 nitrogen and oxygen atoms in total. The van der Waals surface area contributed by atoms with Gasteiger partial charge in [0.15, 0.2) is 0 Å². The molecule has 1 saturated heterocycles. The summed E-state index contributed by atoms with van der Waals surface area (Å²) in [5, 5.41) is 12.4. The van der Waals surface area contributed by atoms with Gasteiger partial charge in [-0.05, 0) is 37.0 Å². The van der Waals surface area contributed by atoms with Crippen molar-refractivity contribution in [2.45, 2.75) is 43.3 Å². The van der Waals surface area contributed by atoms with Crippen LogP contribution in [0.1, 0.15) is 35.2 Å². The van der Waals surface area contributed by atoms with Gasteiger partial charge in [-0.25, -0.2) is 17.5 Å². The van der Waals surface area contributed by atoms with Crippen molar-refractivity contribution in [1.82, 2.24) is 10.0 Å². The van der Waals surface area contributed by atoms with Crippen LogP contribution in [0.4, 0.5) is 4.39 Å². The molecule has 31 heavy (non-hydrogen) atoms. The number of hydrogen-bond acceptors (Lipinski definition) is 5. The quantitative estimate of drug-likeness (QED) is 0.542. The summed E-state index contributed by atoms with van der Waals surface area (Å²) in [7, 11) is -3.46. The standard InChI is InChI=1S/C22H27FN2O5S/c23-19-9-5-4-8-18(19)22(27)25-20-11-10-17(30-21(20)14-26)12-13-24-31(28,29)15-16-6-2-1-3-7-16/h1-9,17,20-21,24,26H,10-15H2,(H,25,27)/t17-,20-,21-/m0/s1. The molecule has 1 aliphatic heterocycles. The Balaban J connectivity index is 1.47. The normalized spacial score (nSPS) is 21.5. The number of amides is 1. The van der Waals surface area contributed by atoms with Crippen LogP contribution in [0.2, 0.25) is 0 Å². The third kappa shape index (κ3) is 6.83. The molecule has 9 heteroatoms. The lowest BCUT2D eigenvalue weighted by Gasteiger charge is -2.36. The summed E-state index contributed by atoms with van der Waals surface area (Å²) >= 11 is 0. The van der Waals surface area contributed by atoms with Crippen molar-refractivity contribution in [1.29, 1.82) is 0 Å². The van der Waals surface area contributed by atoms with Gasteiger partial charge in [0.2, 0.25) is 10.0 Å². The molecule has 0 aliphatic carbocycles. The van der Waals surface area contributed by atoms with Crippen LogP contribution < -0.4 is 10.0 Å². The van der Waals surface area contributed by atoms with E-state index in [0.29, 0.717) is 24.8 Å². The fourth-order valence-electron chi connectivity index (χ4n) is 3.62. The maximum absolute atomic E-state index is 13.8. The van der Waals surface area contributed by atoms with E-state index >= 15 is 0 Å². The molecule has 1 heterocycles. The van der Waals surface area contributed by atoms with Crippen LogP contribution in [0, 0.1) is 5.82 Å². The molecule has 3 N–H and O–H groups in total. The minimum Gasteiger partial charge on any atom is -0.394 e. The predicted molar refractivity (Wildman–Crippen MR) is 114 cm³/mol. The third-order valence-electron chi connectivity index (χ3n) is 5.22. The van der Waals surface area contributed by atoms with Gasteiger partial charge in [0.05, 0.1) is 30.1 Å². The van der Waals surface area contributed by atoms with Crippen molar-refractivity contribution in [3.8, 4) is 0 Å². The van der Waals surface area contributed by atoms with Crippen LogP contribution >= 0.6 is 0 Å². The maximum atomic E-state index is 13.8. The van der Waals surface area contributed by atoms with E-state index in [2.05, 4.69) is 10.0 Å². The second-order valence-corrected chi connectivity index (χ2v) is 9.35. The maximum Gasteiger partial charge on any atom is 0.254 e. The number of nitrogens with one attached hydrogen (secondary N) is 2. The molecule has 168 valence electrons. The number of halogens is 1. The van der Waals surface area contributed by atoms with Crippen molar-refractivity contribution in [2.75, 3.05) is 13.2 Å². The molecule has 2 aromatic carbocycles. The second-order valence-electron chi connectivity index (χ2n) is 7.54. The van der Waals surface area contributed by atoms with E-state index in [0.717, 1.165) is 0 Å². The van der Waals surface area contributed by atoms with E-state index in [1.165, 1.54) is 18.2 Å². The molecule has 0 spiro atoms. The van der Waals surface area contributed by atoms with E-state index in [-0.39, 0.29) is 30.6 Å². The Morgan fingerprint density at radius 3 is 2.52 bits per heavy atom. The molecule has 0 unspecified atom stereocenters. The highest BCUT2D eigenvalue weighted by Crippen LogP contribution is 2.22. The highest BCUT2D eigenvalue weighted by molar-refractivity contribution is 7.88. The highest BCUT2D eigenvalue weighted by Gasteiger charge is 2.32. The zero-order valence-corrected chi connectivity index (χ0v) is 17.9. The molecule has 1 aliphatic rings. The number of aliphatic hydroxyl groups excluding tert-OH is 1. The first-order valence-corrected chi connectivity index (χ1v) is 11.9. The van der Waals surface area contributed by atoms with Gasteiger partial charge in [-0.1, -0.05) is 42.5 Å². The fraction of sp³-hybridized carbons (Fsp3) is 0.409. The first-order chi connectivity index (χ1) is 14.9. The van der Waals surface area contributed by atoms with Crippen molar-refractivity contribution >= 4 is 15.9 Å². The summed E-state index contributed by atoms with van der Waals surface area (Å²) in [5.74, 6) is -1.27. The summed E-state index contributed by atoms with van der Waals surface area (Å²) in [6.07, 6.45) is 0.665. The van der Waals surface area contributed by atoms with Gasteiger partial charge in [-0.15, -0.1) is 0 Å². The number of carbonyl (C=O) groups is 1. The Bertz CT molecular complexity index is 971. The van der Waals surface area contributed by atoms with Crippen molar-refractivity contribution in [2.24, 2.45) is 0 Å². The first kappa shape index (κ1) is 23.3. The number of hydrogen-bond donors (Lipinski definition) is 3. The molecular formula is C22H27FN2O5S. The zero-order valence-electron chi connectivity index (χ0n) is 17.0. The molecule has 0 bridgehead atoms. The van der Waals surface area contributed by atoms with Crippen molar-refractivity contribution < 1.29 is 27.4 Å². The van der Waals surface area contributed by atoms with Crippen molar-refractivity contribution in [3.05, 3.63) is 71.5 Å². The average Bonchev–Trinajstić information content (AvgIpc) is 2.75. The van der Waals surface area contributed by atoms with Crippen LogP contribution in [-0.2, 0) is 20.5 Å². The molecule has 1 amide bonds. The van der Waals surface area contributed by atoms with Crippen LogP contribution in [-0.4, -0.2) is 50.8 Å². The summed E-state index contributed by atoms with van der Waals surface area (Å²) in [6, 6.07) is 14.1. The first-order valence-electron chi connectivity index (χ1n) is 10.2. The van der Waals surface area contributed by atoms with Crippen LogP contribution in [0.5, 0.6) is 0 Å². The summed E-state index contributed by atoms with van der Waals surface area (Å²) < 4.78 is 46.7. The summed E-state index contributed by atoms with van der Waals surface area (Å²) in [5.41, 5.74) is 0.645. The second kappa shape index (κ2) is 10.8. The predicted octanol–water partition coefficient (Wildman–Crippen LogP) is 1.97. The van der Waals surface area contributed by atoms with E-state index in [9.17, 15) is 22.7 Å². The lowest BCUT2D eigenvalue weighted by Crippen LogP contribution is -2.51. The van der Waals surface area contributed by atoms with Gasteiger partial charge in [0.1, 0.15) is 11.9 Å². The fourth-order valence-corrected chi connectivity index (χ4v) is 4.78. The van der Waals surface area contributed by atoms with Crippen LogP contribution in [0.25, 0.3) is 0 Å². The Morgan fingerprint density at radius 2 is 1.81 bits per heavy atom. The van der Waals surface area contributed by atoms with Gasteiger partial charge in [0, 0.05) is 6.54 Å². The van der Waals surface area contributed by atoms with Gasteiger partial charge in [0.25, 0.3) is 5.91 Å². The van der Waals surface area contributed by atoms with E-state index in [1.807, 2.05) is 6.07 Å². The Labute approximate surface area is 181 Å². The summed E-state index contributed by atoms with van der Waals surface area (Å²) in [4.78, 5) is 12.3. The van der Waals surface area contributed by atoms with Crippen LogP contribution in [0.15, 0.2) is 54.6 Å². The molecular weight excluding hydrogens is 423 g/mol. The topological polar surface area (TPSA) is 105 Å². The largest absolute Gasteiger partial charge is 0.394 e. The molecule has 2 aromatic rings. The monoisotopic (exact) mass is 450 g/mol. The Morgan fingerprint density at radius 1 is 1.10 bits per heavy atom. The third-order valence-corrected chi connectivity index (χ3v) is 6.58. The average molecular weight is 451 g/mol. The van der Waals surface area contributed by atoms with E-state index < -0.39 is 33.9 Å². The molecule has 3 rings (SSSR count). The smallest absolute Gasteiger partial charge is 0.254 e. The molecule has 0 aromatic heterocycles. The minimum atomic E-state index is -3.46. The van der Waals surface area contributed by atoms with Gasteiger partial charge < -0.3 is 15.2 Å². The molecule has 1 fully saturated rings. The number of benzene rings is 2. The Hall–Kier alpha value is -2.33. The lowest BCUT2D eigenvalue weighted by molar-refractivity contribution is -0.0891. The molecule has 0 saturated carbocycles. The van der Waals surface area contributed by atoms with E-state index in [4.69, 9.17) is 4.74 Å². The Kier molecular flexibility index (Phi) is 8.14. The molecule has 3 atom stereocenters. The summed E-state index contributed by atoms with van der Waals surface area (Å²) in [6.45, 7) is -0.0946. The number of ether oxygens (including phenoxy) is 1. The lowest BCUT2D eigenvalue weighted by atomic mass is 9.96. The van der Waals surface area contributed by atoms with Crippen LogP contribution in [0.3, 0.4) is 0 Å². The number of carbonyl (C=O) groups excluding carboxylic acids is 1. The zero-order chi connectivity index (χ0) is 22.3. The number of aliphatic hydroxyl groups is 1. The minimum absolute atomic E-state index is 0.0610. The van der Waals surface area contributed by atoms with Gasteiger partial charge >= 0.3 is 0 Å². The van der Waals surface area contributed by atoms with Gasteiger partial charge in [-0.2, -0.15) is 0 Å². The molecule has 0 radical (unpaired) electrons. The van der Waals surface area contributed by atoms with E-state index in [1.54, 1.807) is 30.3 Å². The number of sulfonamides is 1. The van der Waals surface area contributed by atoms with Gasteiger partial charge in [-0.3, -0.25) is 4.79 Å². The SMILES string of the molecule is O=C(N[C@H]1CC[C@@H](CCNS(=O)(=O)Cc2ccccc2)O[C@H]1CO)c1ccccc1F. The highest BCUT2D eigenvalue weighted by atomic mass is 32.2. The van der Waals surface area contributed by atoms with Crippen molar-refractivity contribution in [3.63, 3.8) is 0 Å². The number of rotatable bonds is 9.